The number of carbonyl (C=O) groups is 1. The number of alkyl halides is 3. The molecule has 1 aromatic carbocycles. The number of benzene rings is 1. The number of rotatable bonds is 7. The van der Waals surface area contributed by atoms with E-state index in [4.69, 9.17) is 0 Å². The molecule has 43 heavy (non-hydrogen) atoms. The van der Waals surface area contributed by atoms with Gasteiger partial charge in [-0.1, -0.05) is 13.8 Å². The van der Waals surface area contributed by atoms with E-state index in [1.165, 1.54) is 23.6 Å². The molecule has 3 heterocycles. The summed E-state index contributed by atoms with van der Waals surface area (Å²) in [5.74, 6) is 0.184. The predicted octanol–water partition coefficient (Wildman–Crippen LogP) is 5.32. The number of nitriles is 1. The van der Waals surface area contributed by atoms with Gasteiger partial charge in [0.05, 0.1) is 16.8 Å². The van der Waals surface area contributed by atoms with Crippen molar-refractivity contribution in [2.75, 3.05) is 28.2 Å². The number of halogens is 3. The van der Waals surface area contributed by atoms with E-state index in [9.17, 15) is 28.0 Å². The molecule has 228 valence electrons. The molecule has 12 heteroatoms. The summed E-state index contributed by atoms with van der Waals surface area (Å²) in [4.78, 5) is 37.6. The number of amides is 1. The van der Waals surface area contributed by atoms with Crippen LogP contribution in [0.2, 0.25) is 0 Å². The Bertz CT molecular complexity index is 1670. The van der Waals surface area contributed by atoms with Gasteiger partial charge in [0.2, 0.25) is 5.91 Å². The van der Waals surface area contributed by atoms with Crippen LogP contribution < -0.4 is 20.8 Å². The third-order valence-corrected chi connectivity index (χ3v) is 8.75. The van der Waals surface area contributed by atoms with Crippen molar-refractivity contribution in [2.45, 2.75) is 78.1 Å². The van der Waals surface area contributed by atoms with Crippen LogP contribution in [0.4, 0.5) is 30.4 Å². The third-order valence-electron chi connectivity index (χ3n) is 8.75. The van der Waals surface area contributed by atoms with Gasteiger partial charge in [-0.25, -0.2) is 9.78 Å². The highest BCUT2D eigenvalue weighted by molar-refractivity contribution is 5.91. The highest BCUT2D eigenvalue weighted by Gasteiger charge is 2.43. The van der Waals surface area contributed by atoms with E-state index in [-0.39, 0.29) is 47.4 Å². The van der Waals surface area contributed by atoms with Crippen molar-refractivity contribution in [3.63, 3.8) is 0 Å². The van der Waals surface area contributed by atoms with Gasteiger partial charge >= 0.3 is 11.9 Å². The monoisotopic (exact) mass is 595 g/mol. The molecular weight excluding hydrogens is 559 g/mol. The van der Waals surface area contributed by atoms with Crippen LogP contribution in [-0.2, 0) is 24.4 Å². The lowest BCUT2D eigenvalue weighted by Gasteiger charge is -2.48. The molecule has 2 fully saturated rings. The van der Waals surface area contributed by atoms with Crippen LogP contribution >= 0.6 is 0 Å². The fraction of sp³-hybridized carbons (Fsp3) is 0.516. The SMILES string of the molecule is CC[C@@H]1CN(c2nc(=O)n(C)c3ccc(C#N)nc23)[C@@H](CC)CN1c1cc(NC(C)=O)c(C)c(CC2CC2)c1C(F)(F)F. The van der Waals surface area contributed by atoms with Crippen LogP contribution in [-0.4, -0.2) is 45.6 Å². The van der Waals surface area contributed by atoms with E-state index < -0.39 is 17.4 Å². The Morgan fingerprint density at radius 1 is 1.12 bits per heavy atom. The van der Waals surface area contributed by atoms with Crippen molar-refractivity contribution in [1.29, 1.82) is 5.26 Å². The van der Waals surface area contributed by atoms with Gasteiger partial charge in [-0.15, -0.1) is 0 Å². The van der Waals surface area contributed by atoms with Gasteiger partial charge in [-0.3, -0.25) is 9.36 Å². The van der Waals surface area contributed by atoms with Crippen molar-refractivity contribution >= 4 is 34.1 Å². The molecule has 2 aromatic heterocycles. The third kappa shape index (κ3) is 5.77. The Morgan fingerprint density at radius 2 is 1.77 bits per heavy atom. The van der Waals surface area contributed by atoms with Crippen molar-refractivity contribution < 1.29 is 18.0 Å². The number of hydrogen-bond donors (Lipinski definition) is 1. The highest BCUT2D eigenvalue weighted by Crippen LogP contribution is 2.47. The summed E-state index contributed by atoms with van der Waals surface area (Å²) in [6, 6.07) is 6.04. The Morgan fingerprint density at radius 3 is 2.35 bits per heavy atom. The number of aromatic nitrogens is 3. The first kappa shape index (κ1) is 30.3. The van der Waals surface area contributed by atoms with Crippen LogP contribution in [0.5, 0.6) is 0 Å². The van der Waals surface area contributed by atoms with E-state index in [1.807, 2.05) is 29.7 Å². The molecule has 3 aromatic rings. The van der Waals surface area contributed by atoms with Crippen LogP contribution in [0.3, 0.4) is 0 Å². The first-order valence-corrected chi connectivity index (χ1v) is 14.7. The molecule has 0 radical (unpaired) electrons. The fourth-order valence-electron chi connectivity index (χ4n) is 6.22. The number of piperazine rings is 1. The molecule has 0 bridgehead atoms. The van der Waals surface area contributed by atoms with Crippen molar-refractivity contribution in [3.8, 4) is 6.07 Å². The quantitative estimate of drug-likeness (QED) is 0.394. The molecular formula is C31H36F3N7O2. The lowest BCUT2D eigenvalue weighted by Crippen LogP contribution is -2.59. The highest BCUT2D eigenvalue weighted by atomic mass is 19.4. The van der Waals surface area contributed by atoms with Crippen LogP contribution in [0.25, 0.3) is 11.0 Å². The second kappa shape index (κ2) is 11.5. The lowest BCUT2D eigenvalue weighted by molar-refractivity contribution is -0.137. The average Bonchev–Trinajstić information content (AvgIpc) is 3.79. The van der Waals surface area contributed by atoms with Gasteiger partial charge in [0.15, 0.2) is 5.82 Å². The Kier molecular flexibility index (Phi) is 8.11. The molecule has 9 nitrogen and oxygen atoms in total. The Hall–Kier alpha value is -4.14. The minimum atomic E-state index is -4.60. The fourth-order valence-corrected chi connectivity index (χ4v) is 6.22. The number of nitrogens with one attached hydrogen (secondary N) is 1. The van der Waals surface area contributed by atoms with Crippen molar-refractivity contribution in [3.05, 3.63) is 51.1 Å². The molecule has 1 saturated carbocycles. The Labute approximate surface area is 248 Å². The second-order valence-electron chi connectivity index (χ2n) is 11.6. The van der Waals surface area contributed by atoms with E-state index in [0.29, 0.717) is 53.9 Å². The molecule has 0 spiro atoms. The van der Waals surface area contributed by atoms with Crippen LogP contribution in [0.1, 0.15) is 68.8 Å². The summed E-state index contributed by atoms with van der Waals surface area (Å²) in [5, 5.41) is 12.3. The zero-order valence-corrected chi connectivity index (χ0v) is 25.0. The summed E-state index contributed by atoms with van der Waals surface area (Å²) < 4.78 is 46.3. The lowest BCUT2D eigenvalue weighted by atomic mass is 9.91. The van der Waals surface area contributed by atoms with Gasteiger partial charge < -0.3 is 15.1 Å². The van der Waals surface area contributed by atoms with Gasteiger partial charge in [0.1, 0.15) is 17.3 Å². The molecule has 1 saturated heterocycles. The number of nitrogens with zero attached hydrogens (tertiary/aromatic N) is 6. The van der Waals surface area contributed by atoms with Gasteiger partial charge in [-0.2, -0.15) is 23.4 Å². The number of hydrogen-bond acceptors (Lipinski definition) is 7. The Balaban J connectivity index is 1.66. The largest absolute Gasteiger partial charge is 0.418 e. The zero-order chi connectivity index (χ0) is 31.2. The molecule has 1 aliphatic heterocycles. The minimum absolute atomic E-state index is 0.0640. The maximum Gasteiger partial charge on any atom is 0.418 e. The van der Waals surface area contributed by atoms with Gasteiger partial charge in [0, 0.05) is 44.8 Å². The first-order chi connectivity index (χ1) is 20.4. The zero-order valence-electron chi connectivity index (χ0n) is 25.0. The molecule has 1 N–H and O–H groups in total. The summed E-state index contributed by atoms with van der Waals surface area (Å²) >= 11 is 0. The molecule has 2 aliphatic rings. The van der Waals surface area contributed by atoms with Crippen molar-refractivity contribution in [2.24, 2.45) is 13.0 Å². The maximum absolute atomic E-state index is 15.0. The molecule has 1 amide bonds. The minimum Gasteiger partial charge on any atom is -0.364 e. The van der Waals surface area contributed by atoms with E-state index >= 15 is 0 Å². The average molecular weight is 596 g/mol. The number of pyridine rings is 1. The van der Waals surface area contributed by atoms with E-state index in [1.54, 1.807) is 20.0 Å². The number of anilines is 3. The number of aryl methyl sites for hydroxylation is 1. The first-order valence-electron chi connectivity index (χ1n) is 14.7. The van der Waals surface area contributed by atoms with Gasteiger partial charge in [-0.05, 0) is 74.3 Å². The summed E-state index contributed by atoms with van der Waals surface area (Å²) in [7, 11) is 1.58. The normalized spacial score (nSPS) is 19.0. The molecule has 2 atom stereocenters. The summed E-state index contributed by atoms with van der Waals surface area (Å²) in [6.45, 7) is 7.40. The van der Waals surface area contributed by atoms with Gasteiger partial charge in [0.25, 0.3) is 0 Å². The molecule has 0 unspecified atom stereocenters. The number of fused-ring (bicyclic) bond motifs is 1. The number of carbonyl (C=O) groups excluding carboxylic acids is 1. The van der Waals surface area contributed by atoms with Crippen LogP contribution in [0, 0.1) is 24.2 Å². The van der Waals surface area contributed by atoms with E-state index in [0.717, 1.165) is 12.8 Å². The second-order valence-corrected chi connectivity index (χ2v) is 11.6. The maximum atomic E-state index is 15.0. The smallest absolute Gasteiger partial charge is 0.364 e. The molecule has 5 rings (SSSR count). The van der Waals surface area contributed by atoms with Crippen molar-refractivity contribution in [1.82, 2.24) is 14.5 Å². The molecule has 1 aliphatic carbocycles. The summed E-state index contributed by atoms with van der Waals surface area (Å²) in [5.41, 5.74) is 1.12. The predicted molar refractivity (Wildman–Crippen MR) is 159 cm³/mol. The summed E-state index contributed by atoms with van der Waals surface area (Å²) in [6.07, 6.45) is -1.43. The topological polar surface area (TPSA) is 107 Å². The standard InChI is InChI=1S/C31H36F3N7O2/c1-6-21-16-41(29-28-25(39(5)30(43)38-29)11-10-20(14-35)37-28)22(7-2)15-40(21)26-13-24(36-18(4)42)17(3)23(12-19-8-9-19)27(26)31(32,33)34/h10-11,13,19,21-22H,6-9,12,15-16H2,1-5H3,(H,36,42)/t21-,22+/m1/s1. The van der Waals surface area contributed by atoms with Crippen LogP contribution in [0.15, 0.2) is 23.0 Å². The van der Waals surface area contributed by atoms with E-state index in [2.05, 4.69) is 15.3 Å².